The molecule has 9 nitrogen and oxygen atoms in total. The highest BCUT2D eigenvalue weighted by Gasteiger charge is 2.54. The van der Waals surface area contributed by atoms with Gasteiger partial charge in [-0.2, -0.15) is 0 Å². The Kier molecular flexibility index (Phi) is 8.40. The van der Waals surface area contributed by atoms with E-state index in [9.17, 15) is 4.79 Å². The van der Waals surface area contributed by atoms with Crippen LogP contribution in [0.25, 0.3) is 10.4 Å². The van der Waals surface area contributed by atoms with Gasteiger partial charge < -0.3 is 19.3 Å². The highest BCUT2D eigenvalue weighted by atomic mass is 16.5. The molecule has 2 atom stereocenters. The minimum absolute atomic E-state index is 0.0578. The summed E-state index contributed by atoms with van der Waals surface area (Å²) in [6.45, 7) is 0.562. The normalized spacial score (nSPS) is 18.3. The van der Waals surface area contributed by atoms with E-state index in [0.717, 1.165) is 11.1 Å². The Hall–Kier alpha value is -4.33. The first-order valence-corrected chi connectivity index (χ1v) is 11.9. The molecular weight excluding hydrogens is 472 g/mol. The molecule has 0 amide bonds. The van der Waals surface area contributed by atoms with E-state index in [-0.39, 0.29) is 19.6 Å². The van der Waals surface area contributed by atoms with Gasteiger partial charge in [-0.05, 0) is 46.5 Å². The van der Waals surface area contributed by atoms with Crippen LogP contribution in [0.3, 0.4) is 0 Å². The van der Waals surface area contributed by atoms with Gasteiger partial charge in [0.1, 0.15) is 5.75 Å². The molecule has 3 aromatic carbocycles. The van der Waals surface area contributed by atoms with Crippen molar-refractivity contribution in [3.63, 3.8) is 0 Å². The summed E-state index contributed by atoms with van der Waals surface area (Å²) >= 11 is 0. The van der Waals surface area contributed by atoms with Crippen molar-refractivity contribution >= 4 is 11.9 Å². The zero-order valence-corrected chi connectivity index (χ0v) is 20.5. The van der Waals surface area contributed by atoms with E-state index in [0.29, 0.717) is 35.8 Å². The molecule has 1 heterocycles. The molecule has 0 aromatic heterocycles. The van der Waals surface area contributed by atoms with Crippen molar-refractivity contribution in [3.8, 4) is 5.75 Å². The van der Waals surface area contributed by atoms with Crippen LogP contribution in [0.2, 0.25) is 0 Å². The first kappa shape index (κ1) is 25.8. The van der Waals surface area contributed by atoms with Crippen LogP contribution in [0.1, 0.15) is 34.8 Å². The number of hydrogen-bond acceptors (Lipinski definition) is 7. The van der Waals surface area contributed by atoms with Gasteiger partial charge in [-0.15, -0.1) is 0 Å². The van der Waals surface area contributed by atoms with Crippen molar-refractivity contribution in [1.82, 2.24) is 0 Å². The van der Waals surface area contributed by atoms with Gasteiger partial charge in [-0.1, -0.05) is 59.7 Å². The number of azide groups is 1. The minimum Gasteiger partial charge on any atom is -0.494 e. The lowest BCUT2D eigenvalue weighted by molar-refractivity contribution is -0.150. The van der Waals surface area contributed by atoms with Crippen LogP contribution in [0.4, 0.5) is 0 Å². The molecule has 0 radical (unpaired) electrons. The zero-order valence-electron chi connectivity index (χ0n) is 20.5. The number of carbonyl (C=O) groups is 1. The summed E-state index contributed by atoms with van der Waals surface area (Å²) in [5.41, 5.74) is 10.5. The zero-order chi connectivity index (χ0) is 26.1. The first-order valence-electron chi connectivity index (χ1n) is 11.9. The maximum Gasteiger partial charge on any atom is 0.338 e. The highest BCUT2D eigenvalue weighted by molar-refractivity contribution is 6.00. The number of methoxy groups -OCH3 is 1. The average Bonchev–Trinajstić information content (AvgIpc) is 3.32. The van der Waals surface area contributed by atoms with E-state index in [2.05, 4.69) is 10.0 Å². The third-order valence-corrected chi connectivity index (χ3v) is 6.13. The van der Waals surface area contributed by atoms with Crippen LogP contribution in [0, 0.1) is 0 Å². The van der Waals surface area contributed by atoms with E-state index in [1.165, 1.54) is 7.11 Å². The van der Waals surface area contributed by atoms with E-state index >= 15 is 0 Å². The summed E-state index contributed by atoms with van der Waals surface area (Å²) in [6, 6.07) is 24.2. The molecule has 1 aliphatic heterocycles. The molecule has 0 aliphatic carbocycles. The lowest BCUT2D eigenvalue weighted by atomic mass is 9.81. The molecule has 190 valence electrons. The molecule has 4 rings (SSSR count). The molecule has 1 aliphatic rings. The minimum atomic E-state index is -1.41. The summed E-state index contributed by atoms with van der Waals surface area (Å²) in [7, 11) is 1.34. The molecule has 3 aromatic rings. The van der Waals surface area contributed by atoms with Gasteiger partial charge in [-0.25, -0.2) is 9.79 Å². The average molecular weight is 501 g/mol. The molecule has 0 unspecified atom stereocenters. The Morgan fingerprint density at radius 2 is 1.84 bits per heavy atom. The second-order valence-electron chi connectivity index (χ2n) is 8.53. The van der Waals surface area contributed by atoms with E-state index in [1.807, 2.05) is 66.7 Å². The topological polar surface area (TPSA) is 126 Å². The number of rotatable bonds is 11. The SMILES string of the molecule is COC(=O)[C@@]1(Cc2ccccc2)N=C(c2ccc(OCCCO)cc2)O[C@H]1c1ccccc1CN=[N+]=[N-]. The smallest absolute Gasteiger partial charge is 0.338 e. The standard InChI is InChI=1S/C28H28N4O5/c1-35-27(34)28(18-20-8-3-2-4-9-20)25(24-11-6-5-10-22(24)19-30-32-29)37-26(31-28)21-12-14-23(15-13-21)36-17-7-16-33/h2-6,8-15,25,33H,7,16-19H2,1H3/t25-,28-/m0/s1. The van der Waals surface area contributed by atoms with Crippen molar-refractivity contribution in [2.75, 3.05) is 20.3 Å². The predicted octanol–water partition coefficient (Wildman–Crippen LogP) is 4.93. The molecule has 37 heavy (non-hydrogen) atoms. The van der Waals surface area contributed by atoms with Crippen molar-refractivity contribution in [2.24, 2.45) is 10.1 Å². The molecule has 0 bridgehead atoms. The third kappa shape index (κ3) is 5.74. The van der Waals surface area contributed by atoms with Crippen LogP contribution < -0.4 is 4.74 Å². The van der Waals surface area contributed by atoms with Crippen LogP contribution in [0.5, 0.6) is 5.75 Å². The van der Waals surface area contributed by atoms with Crippen LogP contribution in [0.15, 0.2) is 89.0 Å². The summed E-state index contributed by atoms with van der Waals surface area (Å²) in [4.78, 5) is 21.3. The Labute approximate surface area is 215 Å². The van der Waals surface area contributed by atoms with Gasteiger partial charge >= 0.3 is 5.97 Å². The van der Waals surface area contributed by atoms with Gasteiger partial charge in [0.2, 0.25) is 11.4 Å². The van der Waals surface area contributed by atoms with Crippen LogP contribution in [-0.4, -0.2) is 42.8 Å². The van der Waals surface area contributed by atoms with E-state index in [1.54, 1.807) is 12.1 Å². The van der Waals surface area contributed by atoms with E-state index < -0.39 is 17.6 Å². The number of benzene rings is 3. The van der Waals surface area contributed by atoms with Gasteiger partial charge in [0, 0.05) is 29.9 Å². The number of hydrogen-bond donors (Lipinski definition) is 1. The molecule has 1 N–H and O–H groups in total. The second kappa shape index (κ2) is 12.1. The van der Waals surface area contributed by atoms with Crippen molar-refractivity contribution < 1.29 is 24.1 Å². The quantitative estimate of drug-likeness (QED) is 0.131. The highest BCUT2D eigenvalue weighted by Crippen LogP contribution is 2.44. The summed E-state index contributed by atoms with van der Waals surface area (Å²) in [5, 5.41) is 12.7. The molecule has 0 saturated carbocycles. The number of aliphatic imine (C=N–C) groups is 1. The van der Waals surface area contributed by atoms with Crippen molar-refractivity contribution in [3.05, 3.63) is 112 Å². The number of aliphatic hydroxyl groups excluding tert-OH is 1. The summed E-state index contributed by atoms with van der Waals surface area (Å²) in [5.74, 6) is 0.418. The van der Waals surface area contributed by atoms with Gasteiger partial charge in [0.25, 0.3) is 0 Å². The van der Waals surface area contributed by atoms with Gasteiger partial charge in [0.05, 0.1) is 20.3 Å². The van der Waals surface area contributed by atoms with Crippen LogP contribution >= 0.6 is 0 Å². The Balaban J connectivity index is 1.79. The number of ether oxygens (including phenoxy) is 3. The molecule has 0 saturated heterocycles. The Bertz CT molecular complexity index is 1290. The lowest BCUT2D eigenvalue weighted by Crippen LogP contribution is -2.44. The lowest BCUT2D eigenvalue weighted by Gasteiger charge is -2.30. The molecule has 0 spiro atoms. The number of nitrogens with zero attached hydrogens (tertiary/aromatic N) is 4. The monoisotopic (exact) mass is 500 g/mol. The number of carbonyl (C=O) groups excluding carboxylic acids is 1. The summed E-state index contributed by atoms with van der Waals surface area (Å²) in [6.07, 6.45) is -0.0385. The molecular formula is C28H28N4O5. The number of aliphatic hydroxyl groups is 1. The van der Waals surface area contributed by atoms with Crippen molar-refractivity contribution in [2.45, 2.75) is 31.0 Å². The predicted molar refractivity (Wildman–Crippen MR) is 138 cm³/mol. The maximum absolute atomic E-state index is 13.5. The Morgan fingerprint density at radius 3 is 2.54 bits per heavy atom. The fourth-order valence-corrected chi connectivity index (χ4v) is 4.36. The van der Waals surface area contributed by atoms with Crippen molar-refractivity contribution in [1.29, 1.82) is 0 Å². The fraction of sp³-hybridized carbons (Fsp3) is 0.286. The van der Waals surface area contributed by atoms with Gasteiger partial charge in [0.15, 0.2) is 6.10 Å². The maximum atomic E-state index is 13.5. The van der Waals surface area contributed by atoms with Gasteiger partial charge in [-0.3, -0.25) is 0 Å². The molecule has 9 heteroatoms. The van der Waals surface area contributed by atoms with E-state index in [4.69, 9.17) is 29.8 Å². The largest absolute Gasteiger partial charge is 0.494 e. The Morgan fingerprint density at radius 1 is 1.11 bits per heavy atom. The first-order chi connectivity index (χ1) is 18.1. The fourth-order valence-electron chi connectivity index (χ4n) is 4.36. The molecule has 0 fully saturated rings. The number of esters is 1. The van der Waals surface area contributed by atoms with Crippen LogP contribution in [-0.2, 0) is 27.2 Å². The summed E-state index contributed by atoms with van der Waals surface area (Å²) < 4.78 is 17.4. The second-order valence-corrected chi connectivity index (χ2v) is 8.53. The third-order valence-electron chi connectivity index (χ3n) is 6.13.